The summed E-state index contributed by atoms with van der Waals surface area (Å²) in [5.41, 5.74) is 0. The number of hydrogen-bond donors (Lipinski definition) is 0. The quantitative estimate of drug-likeness (QED) is 0.128. The van der Waals surface area contributed by atoms with Crippen LogP contribution in [0.15, 0.2) is 0 Å². The predicted molar refractivity (Wildman–Crippen MR) is 131 cm³/mol. The van der Waals surface area contributed by atoms with Crippen LogP contribution in [0.5, 0.6) is 0 Å². The van der Waals surface area contributed by atoms with E-state index in [4.69, 9.17) is 0 Å². The molecule has 0 saturated heterocycles. The summed E-state index contributed by atoms with van der Waals surface area (Å²) in [4.78, 5) is 34.3. The zero-order valence-corrected chi connectivity index (χ0v) is 24.3. The molecule has 0 amide bonds. The third-order valence-corrected chi connectivity index (χ3v) is 1.52. The van der Waals surface area contributed by atoms with Gasteiger partial charge in [-0.1, -0.05) is 0 Å². The van der Waals surface area contributed by atoms with Crippen molar-refractivity contribution in [3.05, 3.63) is 0 Å². The fraction of sp³-hybridized carbons (Fsp3) is 0.667. The Morgan fingerprint density at radius 3 is 0.655 bits per heavy atom. The molecule has 0 atom stereocenters. The van der Waals surface area contributed by atoms with Crippen molar-refractivity contribution in [3.8, 4) is 0 Å². The molecule has 0 heterocycles. The van der Waals surface area contributed by atoms with Gasteiger partial charge in [0.2, 0.25) is 0 Å². The monoisotopic (exact) mass is 646 g/mol. The SMILES string of the molecule is CCOOC(=S)[S-].CCOOC(=S)[S-].CCOOC(=S)[S-].CCOOC(=S)[S-].[Mo+4]. The van der Waals surface area contributed by atoms with E-state index in [0.717, 1.165) is 0 Å². The molecule has 29 heavy (non-hydrogen) atoms. The molecule has 0 fully saturated rings. The summed E-state index contributed by atoms with van der Waals surface area (Å²) in [5, 5.41) is 0. The minimum absolute atomic E-state index is 0. The van der Waals surface area contributed by atoms with Crippen LogP contribution in [-0.4, -0.2) is 44.0 Å². The molecule has 0 spiro atoms. The molecule has 0 aromatic rings. The van der Waals surface area contributed by atoms with E-state index in [2.05, 4.69) is 138 Å². The third-order valence-electron chi connectivity index (χ3n) is 0.979. The first-order valence-corrected chi connectivity index (χ1v) is 10.4. The average molecular weight is 645 g/mol. The maximum Gasteiger partial charge on any atom is 4.00 e. The van der Waals surface area contributed by atoms with Crippen LogP contribution < -0.4 is 0 Å². The normalized spacial score (nSPS) is 7.86. The Kier molecular flexibility index (Phi) is 50.6. The Morgan fingerprint density at radius 1 is 0.483 bits per heavy atom. The minimum atomic E-state index is 0. The van der Waals surface area contributed by atoms with Crippen molar-refractivity contribution >= 4 is 117 Å². The molecule has 0 unspecified atom stereocenters. The maximum absolute atomic E-state index is 4.35. The largest absolute Gasteiger partial charge is 4.00 e. The van der Waals surface area contributed by atoms with Gasteiger partial charge in [-0.2, -0.15) is 19.6 Å². The van der Waals surface area contributed by atoms with Crippen molar-refractivity contribution < 1.29 is 60.2 Å². The summed E-state index contributed by atoms with van der Waals surface area (Å²) >= 11 is 34.6. The first kappa shape index (κ1) is 40.3. The molecule has 170 valence electrons. The predicted octanol–water partition coefficient (Wildman–Crippen LogP) is 3.14. The van der Waals surface area contributed by atoms with Crippen LogP contribution in [0, 0.1) is 0 Å². The van der Waals surface area contributed by atoms with Crippen LogP contribution >= 0.6 is 48.9 Å². The Bertz CT molecular complexity index is 334. The fourth-order valence-electron chi connectivity index (χ4n) is 0.428. The Morgan fingerprint density at radius 2 is 0.621 bits per heavy atom. The van der Waals surface area contributed by atoms with E-state index in [-0.39, 0.29) is 38.6 Å². The van der Waals surface area contributed by atoms with Gasteiger partial charge in [-0.05, 0) is 27.7 Å². The van der Waals surface area contributed by atoms with Gasteiger partial charge in [-0.15, -0.1) is 0 Å². The zero-order chi connectivity index (χ0) is 22.8. The van der Waals surface area contributed by atoms with Crippen LogP contribution in [0.25, 0.3) is 0 Å². The van der Waals surface area contributed by atoms with Crippen molar-refractivity contribution in [3.63, 3.8) is 0 Å². The summed E-state index contributed by atoms with van der Waals surface area (Å²) in [6, 6.07) is 0. The Labute approximate surface area is 229 Å². The Balaban J connectivity index is -0.0000000873. The summed E-state index contributed by atoms with van der Waals surface area (Å²) in [6.07, 6.45) is 0. The Hall–Kier alpha value is 0.968. The van der Waals surface area contributed by atoms with Gasteiger partial charge in [-0.25, -0.2) is 0 Å². The summed E-state index contributed by atoms with van der Waals surface area (Å²) < 4.78 is 0.00685. The fourth-order valence-corrected chi connectivity index (χ4v) is 0.813. The summed E-state index contributed by atoms with van der Waals surface area (Å²) in [7, 11) is 0. The van der Waals surface area contributed by atoms with E-state index in [0.29, 0.717) is 26.4 Å². The molecule has 0 bridgehead atoms. The smallest absolute Gasteiger partial charge is 0.387 e. The van der Waals surface area contributed by atoms with Crippen LogP contribution in [0.2, 0.25) is 0 Å². The number of thiocarbonyl (C=S) groups is 4. The zero-order valence-electron chi connectivity index (χ0n) is 15.8. The third kappa shape index (κ3) is 73.2. The van der Waals surface area contributed by atoms with E-state index in [1.165, 1.54) is 0 Å². The molecule has 0 aliphatic heterocycles. The van der Waals surface area contributed by atoms with Gasteiger partial charge < -0.3 is 119 Å². The average Bonchev–Trinajstić information content (AvgIpc) is 2.62. The van der Waals surface area contributed by atoms with Crippen LogP contribution in [0.3, 0.4) is 0 Å². The number of rotatable bonds is 8. The van der Waals surface area contributed by atoms with Crippen molar-refractivity contribution in [2.45, 2.75) is 27.7 Å². The first-order chi connectivity index (χ1) is 13.1. The second kappa shape index (κ2) is 36.3. The van der Waals surface area contributed by atoms with E-state index >= 15 is 0 Å². The standard InChI is InChI=1S/4C3H6O2S2.Mo/c4*1-2-4-5-3(6)7;/h4*2H2,1H3,(H,6,7);/q;;;;+4/p-4. The molecule has 0 aromatic heterocycles. The van der Waals surface area contributed by atoms with E-state index in [1.54, 1.807) is 27.7 Å². The van der Waals surface area contributed by atoms with E-state index in [1.807, 2.05) is 0 Å². The van der Waals surface area contributed by atoms with E-state index in [9.17, 15) is 0 Å². The molecule has 0 aliphatic rings. The van der Waals surface area contributed by atoms with Gasteiger partial charge in [0, 0.05) is 0 Å². The van der Waals surface area contributed by atoms with Crippen molar-refractivity contribution in [1.29, 1.82) is 0 Å². The summed E-state index contributed by atoms with van der Waals surface area (Å²) in [5.74, 6) is 0. The van der Waals surface area contributed by atoms with Gasteiger partial charge in [0.15, 0.2) is 0 Å². The molecule has 0 aromatic carbocycles. The first-order valence-electron chi connectivity index (χ1n) is 7.10. The second-order valence-electron chi connectivity index (χ2n) is 2.96. The van der Waals surface area contributed by atoms with Gasteiger partial charge in [0.25, 0.3) is 0 Å². The van der Waals surface area contributed by atoms with Crippen molar-refractivity contribution in [1.82, 2.24) is 0 Å². The van der Waals surface area contributed by atoms with E-state index < -0.39 is 0 Å². The molecule has 0 saturated carbocycles. The molecule has 0 aliphatic carbocycles. The molecular weight excluding hydrogens is 625 g/mol. The van der Waals surface area contributed by atoms with Gasteiger partial charge in [0.05, 0.1) is 44.0 Å². The minimum Gasteiger partial charge on any atom is -0.387 e. The maximum atomic E-state index is 4.35. The molecule has 0 N–H and O–H groups in total. The second-order valence-corrected chi connectivity index (χ2v) is 6.96. The molecule has 0 radical (unpaired) electrons. The van der Waals surface area contributed by atoms with Gasteiger partial charge in [0.1, 0.15) is 0 Å². The van der Waals surface area contributed by atoms with Crippen LogP contribution in [-0.2, 0) is 111 Å². The van der Waals surface area contributed by atoms with Gasteiger partial charge >= 0.3 is 21.1 Å². The molecule has 8 nitrogen and oxygen atoms in total. The van der Waals surface area contributed by atoms with Crippen molar-refractivity contribution in [2.24, 2.45) is 0 Å². The van der Waals surface area contributed by atoms with Gasteiger partial charge in [-0.3, -0.25) is 0 Å². The molecular formula is C12H20MoO8S8. The van der Waals surface area contributed by atoms with Crippen LogP contribution in [0.1, 0.15) is 27.7 Å². The topological polar surface area (TPSA) is 73.8 Å². The van der Waals surface area contributed by atoms with Crippen molar-refractivity contribution in [2.75, 3.05) is 26.4 Å². The number of hydrogen-bond acceptors (Lipinski definition) is 16. The molecule has 17 heteroatoms. The molecule has 0 rings (SSSR count). The summed E-state index contributed by atoms with van der Waals surface area (Å²) in [6.45, 7) is 9.02. The van der Waals surface area contributed by atoms with Crippen LogP contribution in [0.4, 0.5) is 0 Å².